The second-order valence-corrected chi connectivity index (χ2v) is 8.67. The minimum Gasteiger partial charge on any atom is -0.296 e. The van der Waals surface area contributed by atoms with Gasteiger partial charge >= 0.3 is 0 Å². The molecule has 0 aliphatic carbocycles. The Morgan fingerprint density at radius 1 is 1.12 bits per heavy atom. The number of aryl methyl sites for hydroxylation is 1. The van der Waals surface area contributed by atoms with Gasteiger partial charge in [-0.2, -0.15) is 5.10 Å². The number of unbranched alkanes of at least 4 members (excludes halogenated alkanes) is 1. The number of nitrogens with zero attached hydrogens (tertiary/aromatic N) is 7. The van der Waals surface area contributed by atoms with Gasteiger partial charge in [-0.25, -0.2) is 14.8 Å². The Balaban J connectivity index is 1.62. The first-order valence-corrected chi connectivity index (χ1v) is 11.6. The molecular formula is C22H26Cl2N8. The summed E-state index contributed by atoms with van der Waals surface area (Å²) in [4.78, 5) is 4.83. The highest BCUT2D eigenvalue weighted by Crippen LogP contribution is 2.34. The third kappa shape index (κ3) is 4.56. The monoisotopic (exact) mass is 472 g/mol. The number of hydrogen-bond donors (Lipinski definition) is 1. The summed E-state index contributed by atoms with van der Waals surface area (Å²) >= 11 is 12.9. The van der Waals surface area contributed by atoms with E-state index >= 15 is 0 Å². The molecule has 0 aliphatic heterocycles. The van der Waals surface area contributed by atoms with Crippen LogP contribution in [0.3, 0.4) is 0 Å². The van der Waals surface area contributed by atoms with E-state index in [2.05, 4.69) is 53.5 Å². The second kappa shape index (κ2) is 9.83. The molecule has 32 heavy (non-hydrogen) atoms. The van der Waals surface area contributed by atoms with Crippen LogP contribution < -0.4 is 0 Å². The SMILES string of the molecule is CCCCc1nc(C(C)CC)n(Cc2ccc(-n3c(Cl)cc(Cl)c3-c3nnn[nH]3)cc2)n1. The molecule has 4 rings (SSSR count). The minimum atomic E-state index is 0.357. The molecular weight excluding hydrogens is 447 g/mol. The van der Waals surface area contributed by atoms with Crippen LogP contribution in [0.25, 0.3) is 17.2 Å². The lowest BCUT2D eigenvalue weighted by molar-refractivity contribution is 0.574. The van der Waals surface area contributed by atoms with Crippen molar-refractivity contribution in [2.24, 2.45) is 0 Å². The number of tetrazole rings is 1. The van der Waals surface area contributed by atoms with Gasteiger partial charge in [0.2, 0.25) is 0 Å². The number of nitrogens with one attached hydrogen (secondary N) is 1. The summed E-state index contributed by atoms with van der Waals surface area (Å²) in [5.74, 6) is 2.78. The number of halogens is 2. The van der Waals surface area contributed by atoms with E-state index in [1.807, 2.05) is 21.4 Å². The Labute approximate surface area is 197 Å². The van der Waals surface area contributed by atoms with Crippen molar-refractivity contribution in [3.63, 3.8) is 0 Å². The van der Waals surface area contributed by atoms with Gasteiger partial charge in [-0.1, -0.05) is 62.5 Å². The number of benzene rings is 1. The molecule has 3 heterocycles. The fourth-order valence-electron chi connectivity index (χ4n) is 3.61. The van der Waals surface area contributed by atoms with E-state index in [-0.39, 0.29) is 0 Å². The van der Waals surface area contributed by atoms with Gasteiger partial charge in [0, 0.05) is 18.0 Å². The number of rotatable bonds is 9. The van der Waals surface area contributed by atoms with Gasteiger partial charge in [-0.05, 0) is 47.0 Å². The molecule has 0 amide bonds. The zero-order chi connectivity index (χ0) is 22.7. The number of hydrogen-bond acceptors (Lipinski definition) is 5. The minimum absolute atomic E-state index is 0.357. The number of aromatic nitrogens is 8. The van der Waals surface area contributed by atoms with Crippen molar-refractivity contribution in [1.82, 2.24) is 40.0 Å². The van der Waals surface area contributed by atoms with Gasteiger partial charge in [0.05, 0.1) is 11.6 Å². The molecule has 0 bridgehead atoms. The molecule has 0 saturated carbocycles. The van der Waals surface area contributed by atoms with E-state index in [9.17, 15) is 0 Å². The predicted molar refractivity (Wildman–Crippen MR) is 125 cm³/mol. The van der Waals surface area contributed by atoms with Crippen LogP contribution in [-0.2, 0) is 13.0 Å². The first kappa shape index (κ1) is 22.5. The molecule has 0 saturated heterocycles. The summed E-state index contributed by atoms with van der Waals surface area (Å²) in [6, 6.07) is 9.82. The summed E-state index contributed by atoms with van der Waals surface area (Å²) in [7, 11) is 0. The zero-order valence-corrected chi connectivity index (χ0v) is 19.9. The normalized spacial score (nSPS) is 12.4. The summed E-state index contributed by atoms with van der Waals surface area (Å²) in [5, 5.41) is 19.8. The van der Waals surface area contributed by atoms with Crippen molar-refractivity contribution < 1.29 is 0 Å². The lowest BCUT2D eigenvalue weighted by atomic mass is 10.1. The van der Waals surface area contributed by atoms with Gasteiger partial charge in [-0.3, -0.25) is 4.57 Å². The van der Waals surface area contributed by atoms with Crippen LogP contribution in [0.4, 0.5) is 0 Å². The van der Waals surface area contributed by atoms with Crippen molar-refractivity contribution >= 4 is 23.2 Å². The van der Waals surface area contributed by atoms with Crippen molar-refractivity contribution in [2.45, 2.75) is 58.9 Å². The van der Waals surface area contributed by atoms with E-state index < -0.39 is 0 Å². The molecule has 10 heteroatoms. The molecule has 4 aromatic rings. The fraction of sp³-hybridized carbons (Fsp3) is 0.409. The molecule has 8 nitrogen and oxygen atoms in total. The first-order chi connectivity index (χ1) is 15.5. The Hall–Kier alpha value is -2.71. The highest BCUT2D eigenvalue weighted by molar-refractivity contribution is 6.36. The average Bonchev–Trinajstić information content (AvgIpc) is 3.51. The zero-order valence-electron chi connectivity index (χ0n) is 18.4. The molecule has 0 fully saturated rings. The summed E-state index contributed by atoms with van der Waals surface area (Å²) in [6.07, 6.45) is 4.17. The van der Waals surface area contributed by atoms with Gasteiger partial charge in [-0.15, -0.1) is 5.10 Å². The van der Waals surface area contributed by atoms with Gasteiger partial charge in [0.1, 0.15) is 16.7 Å². The molecule has 1 N–H and O–H groups in total. The standard InChI is InChI=1S/C22H26Cl2N8/c1-4-6-7-19-25-22(14(3)5-2)31(28-19)13-15-8-10-16(11-9-15)32-18(24)12-17(23)20(32)21-26-29-30-27-21/h8-12,14H,4-7,13H2,1-3H3,(H,26,27,29,30). The Kier molecular flexibility index (Phi) is 6.91. The molecule has 1 unspecified atom stereocenters. The van der Waals surface area contributed by atoms with Gasteiger partial charge < -0.3 is 0 Å². The summed E-state index contributed by atoms with van der Waals surface area (Å²) in [6.45, 7) is 7.23. The highest BCUT2D eigenvalue weighted by Gasteiger charge is 2.19. The van der Waals surface area contributed by atoms with E-state index in [1.54, 1.807) is 6.07 Å². The van der Waals surface area contributed by atoms with Crippen LogP contribution in [0.1, 0.15) is 63.2 Å². The Morgan fingerprint density at radius 2 is 1.91 bits per heavy atom. The molecule has 0 aliphatic rings. The first-order valence-electron chi connectivity index (χ1n) is 10.9. The summed E-state index contributed by atoms with van der Waals surface area (Å²) in [5.41, 5.74) is 2.61. The van der Waals surface area contributed by atoms with Crippen molar-refractivity contribution in [2.75, 3.05) is 0 Å². The number of H-pyrrole nitrogens is 1. The van der Waals surface area contributed by atoms with Crippen molar-refractivity contribution in [3.8, 4) is 17.2 Å². The molecule has 3 aromatic heterocycles. The molecule has 0 spiro atoms. The third-order valence-electron chi connectivity index (χ3n) is 5.56. The average molecular weight is 473 g/mol. The quantitative estimate of drug-likeness (QED) is 0.349. The maximum atomic E-state index is 6.46. The molecule has 1 aromatic carbocycles. The molecule has 0 radical (unpaired) electrons. The van der Waals surface area contributed by atoms with Crippen LogP contribution in [0.2, 0.25) is 10.2 Å². The Morgan fingerprint density at radius 3 is 2.56 bits per heavy atom. The van der Waals surface area contributed by atoms with E-state index in [0.29, 0.717) is 34.2 Å². The maximum Gasteiger partial charge on any atom is 0.198 e. The number of aromatic amines is 1. The highest BCUT2D eigenvalue weighted by atomic mass is 35.5. The van der Waals surface area contributed by atoms with Crippen molar-refractivity contribution in [3.05, 3.63) is 57.7 Å². The topological polar surface area (TPSA) is 90.1 Å². The van der Waals surface area contributed by atoms with E-state index in [0.717, 1.165) is 48.6 Å². The van der Waals surface area contributed by atoms with Gasteiger partial charge in [0.15, 0.2) is 11.6 Å². The lowest BCUT2D eigenvalue weighted by Crippen LogP contribution is -2.09. The van der Waals surface area contributed by atoms with Crippen LogP contribution in [0, 0.1) is 0 Å². The lowest BCUT2D eigenvalue weighted by Gasteiger charge is -2.12. The third-order valence-corrected chi connectivity index (χ3v) is 6.12. The smallest absolute Gasteiger partial charge is 0.198 e. The van der Waals surface area contributed by atoms with Gasteiger partial charge in [0.25, 0.3) is 0 Å². The maximum absolute atomic E-state index is 6.46. The van der Waals surface area contributed by atoms with Crippen LogP contribution in [0.5, 0.6) is 0 Å². The second-order valence-electron chi connectivity index (χ2n) is 7.87. The van der Waals surface area contributed by atoms with Crippen LogP contribution >= 0.6 is 23.2 Å². The molecule has 168 valence electrons. The summed E-state index contributed by atoms with van der Waals surface area (Å²) < 4.78 is 3.86. The fourth-order valence-corrected chi connectivity index (χ4v) is 4.24. The Bertz CT molecular complexity index is 1160. The van der Waals surface area contributed by atoms with Crippen LogP contribution in [-0.4, -0.2) is 40.0 Å². The van der Waals surface area contributed by atoms with Crippen LogP contribution in [0.15, 0.2) is 30.3 Å². The van der Waals surface area contributed by atoms with Crippen molar-refractivity contribution in [1.29, 1.82) is 0 Å². The van der Waals surface area contributed by atoms with E-state index in [1.165, 1.54) is 0 Å². The molecule has 1 atom stereocenters. The predicted octanol–water partition coefficient (Wildman–Crippen LogP) is 5.46. The largest absolute Gasteiger partial charge is 0.296 e. The van der Waals surface area contributed by atoms with E-state index in [4.69, 9.17) is 33.3 Å².